The molecule has 2 fully saturated rings. The number of imide groups is 1. The lowest BCUT2D eigenvalue weighted by Gasteiger charge is -2.18. The lowest BCUT2D eigenvalue weighted by Crippen LogP contribution is -2.41. The van der Waals surface area contributed by atoms with Crippen LogP contribution in [0.3, 0.4) is 0 Å². The minimum absolute atomic E-state index is 0.158. The van der Waals surface area contributed by atoms with Crippen molar-refractivity contribution in [3.63, 3.8) is 0 Å². The summed E-state index contributed by atoms with van der Waals surface area (Å²) in [5.74, 6) is -0.876. The Labute approximate surface area is 183 Å². The summed E-state index contributed by atoms with van der Waals surface area (Å²) < 4.78 is 5.80. The lowest BCUT2D eigenvalue weighted by molar-refractivity contribution is -0.131. The quantitative estimate of drug-likeness (QED) is 0.473. The molecule has 0 spiro atoms. The van der Waals surface area contributed by atoms with Gasteiger partial charge in [0.25, 0.3) is 11.8 Å². The average molecular weight is 434 g/mol. The van der Waals surface area contributed by atoms with Gasteiger partial charge in [0.1, 0.15) is 17.0 Å². The Kier molecular flexibility index (Phi) is 4.61. The van der Waals surface area contributed by atoms with Gasteiger partial charge in [-0.1, -0.05) is 18.2 Å². The average Bonchev–Trinajstić information content (AvgIpc) is 3.57. The van der Waals surface area contributed by atoms with Crippen molar-refractivity contribution in [1.29, 1.82) is 0 Å². The molecule has 1 aromatic carbocycles. The third-order valence-electron chi connectivity index (χ3n) is 6.12. The molecule has 0 aliphatic carbocycles. The van der Waals surface area contributed by atoms with Crippen LogP contribution in [0.25, 0.3) is 11.0 Å². The number of hydrogen-bond acceptors (Lipinski definition) is 5. The number of likely N-dealkylation sites (tertiary alicyclic amines) is 1. The van der Waals surface area contributed by atoms with Crippen molar-refractivity contribution in [2.75, 3.05) is 19.6 Å². The zero-order valence-electron chi connectivity index (χ0n) is 17.5. The number of hydrogen-bond donors (Lipinski definition) is 2. The van der Waals surface area contributed by atoms with Crippen LogP contribution in [0.2, 0.25) is 0 Å². The van der Waals surface area contributed by atoms with Crippen molar-refractivity contribution in [2.24, 2.45) is 0 Å². The molecule has 2 N–H and O–H groups in total. The molecule has 9 heteroatoms. The number of aromatic amines is 1. The van der Waals surface area contributed by atoms with Crippen LogP contribution in [0.1, 0.15) is 46.4 Å². The molecule has 2 aliphatic rings. The molecule has 32 heavy (non-hydrogen) atoms. The van der Waals surface area contributed by atoms with Gasteiger partial charge in [-0.3, -0.25) is 19.3 Å². The molecule has 2 saturated heterocycles. The number of amides is 4. The molecular weight excluding hydrogens is 412 g/mol. The maximum Gasteiger partial charge on any atom is 0.325 e. The van der Waals surface area contributed by atoms with E-state index >= 15 is 0 Å². The van der Waals surface area contributed by atoms with Gasteiger partial charge in [-0.25, -0.2) is 4.79 Å². The molecule has 1 atom stereocenters. The van der Waals surface area contributed by atoms with Crippen molar-refractivity contribution >= 4 is 34.6 Å². The van der Waals surface area contributed by atoms with E-state index in [1.165, 1.54) is 12.3 Å². The molecule has 0 radical (unpaired) electrons. The van der Waals surface area contributed by atoms with Gasteiger partial charge < -0.3 is 19.6 Å². The molecule has 2 aromatic heterocycles. The first-order valence-electron chi connectivity index (χ1n) is 10.5. The summed E-state index contributed by atoms with van der Waals surface area (Å²) in [5, 5.41) is 3.46. The Hall–Kier alpha value is -3.88. The maximum absolute atomic E-state index is 13.1. The first-order valence-corrected chi connectivity index (χ1v) is 10.5. The molecule has 2 aliphatic heterocycles. The van der Waals surface area contributed by atoms with Gasteiger partial charge in [0.2, 0.25) is 0 Å². The third kappa shape index (κ3) is 3.17. The molecule has 3 aromatic rings. The first kappa shape index (κ1) is 20.0. The summed E-state index contributed by atoms with van der Waals surface area (Å²) in [6, 6.07) is 9.80. The standard InChI is InChI=1S/C23H22N4O5/c1-23(19-11-14-6-2-3-7-18(14)32-19)21(30)27(22(31)25-23)13-17(28)15-10-16(24-12-15)20(29)26-8-4-5-9-26/h2-3,6-7,10-12,24H,4-5,8-9,13H2,1H3,(H,25,31)/t23-/m0/s1. The molecule has 5 rings (SSSR count). The number of nitrogens with zero attached hydrogens (tertiary/aromatic N) is 2. The minimum Gasteiger partial charge on any atom is -0.458 e. The van der Waals surface area contributed by atoms with Crippen LogP contribution in [-0.4, -0.2) is 58.0 Å². The monoisotopic (exact) mass is 434 g/mol. The topological polar surface area (TPSA) is 116 Å². The predicted molar refractivity (Wildman–Crippen MR) is 114 cm³/mol. The van der Waals surface area contributed by atoms with Crippen LogP contribution in [0.15, 0.2) is 47.0 Å². The van der Waals surface area contributed by atoms with Gasteiger partial charge in [0.05, 0.1) is 6.54 Å². The lowest BCUT2D eigenvalue weighted by atomic mass is 9.98. The molecular formula is C23H22N4O5. The highest BCUT2D eigenvalue weighted by molar-refractivity contribution is 6.11. The van der Waals surface area contributed by atoms with Crippen molar-refractivity contribution in [1.82, 2.24) is 20.1 Å². The molecule has 0 saturated carbocycles. The van der Waals surface area contributed by atoms with Crippen LogP contribution in [0.4, 0.5) is 4.79 Å². The molecule has 164 valence electrons. The Morgan fingerprint density at radius 2 is 1.88 bits per heavy atom. The van der Waals surface area contributed by atoms with E-state index in [1.54, 1.807) is 24.0 Å². The van der Waals surface area contributed by atoms with Crippen molar-refractivity contribution in [3.05, 3.63) is 59.6 Å². The number of furan rings is 1. The number of Topliss-reactive ketones (excluding diaryl/α,β-unsaturated/α-hetero) is 1. The van der Waals surface area contributed by atoms with Gasteiger partial charge in [-0.2, -0.15) is 0 Å². The van der Waals surface area contributed by atoms with Crippen LogP contribution >= 0.6 is 0 Å². The van der Waals surface area contributed by atoms with E-state index in [9.17, 15) is 19.2 Å². The number of rotatable bonds is 5. The van der Waals surface area contributed by atoms with E-state index in [1.807, 2.05) is 18.2 Å². The molecule has 4 heterocycles. The fourth-order valence-electron chi connectivity index (χ4n) is 4.24. The van der Waals surface area contributed by atoms with Crippen molar-refractivity contribution in [2.45, 2.75) is 25.3 Å². The fourth-order valence-corrected chi connectivity index (χ4v) is 4.24. The van der Waals surface area contributed by atoms with E-state index in [-0.39, 0.29) is 11.5 Å². The number of para-hydroxylation sites is 1. The number of aromatic nitrogens is 1. The highest BCUT2D eigenvalue weighted by Gasteiger charge is 2.51. The summed E-state index contributed by atoms with van der Waals surface area (Å²) in [6.45, 7) is 2.52. The number of H-pyrrole nitrogens is 1. The van der Waals surface area contributed by atoms with E-state index < -0.39 is 29.8 Å². The second-order valence-corrected chi connectivity index (χ2v) is 8.32. The minimum atomic E-state index is -1.41. The fraction of sp³-hybridized carbons (Fsp3) is 0.304. The Balaban J connectivity index is 1.33. The van der Waals surface area contributed by atoms with Gasteiger partial charge >= 0.3 is 6.03 Å². The molecule has 0 unspecified atom stereocenters. The van der Waals surface area contributed by atoms with E-state index in [4.69, 9.17) is 4.42 Å². The number of nitrogens with one attached hydrogen (secondary N) is 2. The third-order valence-corrected chi connectivity index (χ3v) is 6.12. The summed E-state index contributed by atoms with van der Waals surface area (Å²) in [6.07, 6.45) is 3.37. The highest BCUT2D eigenvalue weighted by atomic mass is 16.3. The zero-order chi connectivity index (χ0) is 22.5. The second kappa shape index (κ2) is 7.37. The van der Waals surface area contributed by atoms with Crippen molar-refractivity contribution in [3.8, 4) is 0 Å². The summed E-state index contributed by atoms with van der Waals surface area (Å²) in [5.41, 5.74) is -0.251. The number of carbonyl (C=O) groups is 4. The van der Waals surface area contributed by atoms with Gasteiger partial charge in [-0.15, -0.1) is 0 Å². The summed E-state index contributed by atoms with van der Waals surface area (Å²) in [4.78, 5) is 56.4. The first-order chi connectivity index (χ1) is 15.4. The number of fused-ring (bicyclic) bond motifs is 1. The Morgan fingerprint density at radius 3 is 2.62 bits per heavy atom. The molecule has 4 amide bonds. The van der Waals surface area contributed by atoms with Gasteiger partial charge in [-0.05, 0) is 38.0 Å². The second-order valence-electron chi connectivity index (χ2n) is 8.32. The normalized spacial score (nSPS) is 20.9. The Bertz CT molecular complexity index is 1220. The maximum atomic E-state index is 13.1. The molecule has 9 nitrogen and oxygen atoms in total. The van der Waals surface area contributed by atoms with Gasteiger partial charge in [0.15, 0.2) is 11.3 Å². The smallest absolute Gasteiger partial charge is 0.325 e. The van der Waals surface area contributed by atoms with E-state index in [2.05, 4.69) is 10.3 Å². The number of carbonyl (C=O) groups excluding carboxylic acids is 4. The summed E-state index contributed by atoms with van der Waals surface area (Å²) in [7, 11) is 0. The van der Waals surface area contributed by atoms with Gasteiger partial charge in [0, 0.05) is 30.2 Å². The van der Waals surface area contributed by atoms with Crippen LogP contribution < -0.4 is 5.32 Å². The van der Waals surface area contributed by atoms with E-state index in [0.717, 1.165) is 23.1 Å². The van der Waals surface area contributed by atoms with E-state index in [0.29, 0.717) is 30.1 Å². The predicted octanol–water partition coefficient (Wildman–Crippen LogP) is 2.65. The Morgan fingerprint density at radius 1 is 1.12 bits per heavy atom. The zero-order valence-corrected chi connectivity index (χ0v) is 17.5. The number of urea groups is 1. The highest BCUT2D eigenvalue weighted by Crippen LogP contribution is 2.33. The van der Waals surface area contributed by atoms with Crippen LogP contribution in [0, 0.1) is 0 Å². The number of benzene rings is 1. The number of ketones is 1. The SMILES string of the molecule is C[C@@]1(c2cc3ccccc3o2)NC(=O)N(CC(=O)c2c[nH]c(C(=O)N3CCCC3)c2)C1=O. The van der Waals surface area contributed by atoms with Crippen molar-refractivity contribution < 1.29 is 23.6 Å². The summed E-state index contributed by atoms with van der Waals surface area (Å²) >= 11 is 0. The largest absolute Gasteiger partial charge is 0.458 e. The molecule has 0 bridgehead atoms. The van der Waals surface area contributed by atoms with Crippen LogP contribution in [0.5, 0.6) is 0 Å². The van der Waals surface area contributed by atoms with Crippen LogP contribution in [-0.2, 0) is 10.3 Å².